The molecule has 0 unspecified atom stereocenters. The van der Waals surface area contributed by atoms with Crippen LogP contribution in [0.5, 0.6) is 0 Å². The van der Waals surface area contributed by atoms with Crippen LogP contribution in [0.3, 0.4) is 0 Å². The van der Waals surface area contributed by atoms with E-state index in [1.54, 1.807) is 6.20 Å². The second kappa shape index (κ2) is 5.12. The SMILES string of the molecule is O=C(c1cn[nH]c1C1CCCCC1)N1CCCC1. The monoisotopic (exact) mass is 247 g/mol. The zero-order chi connectivity index (χ0) is 12.4. The predicted octanol–water partition coefficient (Wildman–Crippen LogP) is 2.69. The van der Waals surface area contributed by atoms with E-state index in [-0.39, 0.29) is 5.91 Å². The van der Waals surface area contributed by atoms with E-state index in [0.717, 1.165) is 37.2 Å². The molecule has 0 atom stereocenters. The Morgan fingerprint density at radius 2 is 1.89 bits per heavy atom. The van der Waals surface area contributed by atoms with Crippen molar-refractivity contribution in [1.29, 1.82) is 0 Å². The number of nitrogens with zero attached hydrogens (tertiary/aromatic N) is 2. The first kappa shape index (κ1) is 11.8. The molecule has 1 saturated heterocycles. The van der Waals surface area contributed by atoms with Crippen molar-refractivity contribution in [3.63, 3.8) is 0 Å². The van der Waals surface area contributed by atoms with Crippen LogP contribution in [-0.2, 0) is 0 Å². The van der Waals surface area contributed by atoms with E-state index < -0.39 is 0 Å². The zero-order valence-electron chi connectivity index (χ0n) is 10.8. The molecule has 0 bridgehead atoms. The quantitative estimate of drug-likeness (QED) is 0.873. The van der Waals surface area contributed by atoms with Gasteiger partial charge in [0, 0.05) is 19.0 Å². The first-order valence-electron chi connectivity index (χ1n) is 7.19. The minimum atomic E-state index is 0.182. The average molecular weight is 247 g/mol. The predicted molar refractivity (Wildman–Crippen MR) is 69.6 cm³/mol. The molecule has 2 fully saturated rings. The number of hydrogen-bond acceptors (Lipinski definition) is 2. The van der Waals surface area contributed by atoms with E-state index in [0.29, 0.717) is 5.92 Å². The Balaban J connectivity index is 1.79. The fourth-order valence-electron chi connectivity index (χ4n) is 3.26. The Hall–Kier alpha value is -1.32. The summed E-state index contributed by atoms with van der Waals surface area (Å²) in [5.74, 6) is 0.699. The topological polar surface area (TPSA) is 49.0 Å². The molecule has 2 heterocycles. The number of aromatic nitrogens is 2. The van der Waals surface area contributed by atoms with E-state index in [2.05, 4.69) is 10.2 Å². The molecule has 1 aromatic rings. The summed E-state index contributed by atoms with van der Waals surface area (Å²) in [5, 5.41) is 7.20. The number of likely N-dealkylation sites (tertiary alicyclic amines) is 1. The summed E-state index contributed by atoms with van der Waals surface area (Å²) in [4.78, 5) is 14.4. The molecule has 0 spiro atoms. The number of aromatic amines is 1. The minimum absolute atomic E-state index is 0.182. The molecule has 1 amide bonds. The number of rotatable bonds is 2. The van der Waals surface area contributed by atoms with Crippen molar-refractivity contribution in [3.8, 4) is 0 Å². The van der Waals surface area contributed by atoms with Gasteiger partial charge in [0.2, 0.25) is 0 Å². The van der Waals surface area contributed by atoms with Crippen molar-refractivity contribution in [1.82, 2.24) is 15.1 Å². The summed E-state index contributed by atoms with van der Waals surface area (Å²) in [6.45, 7) is 1.82. The lowest BCUT2D eigenvalue weighted by atomic mass is 9.85. The third-order valence-corrected chi connectivity index (χ3v) is 4.31. The van der Waals surface area contributed by atoms with E-state index in [9.17, 15) is 4.79 Å². The molecule has 1 N–H and O–H groups in total. The molecule has 98 valence electrons. The van der Waals surface area contributed by atoms with Gasteiger partial charge in [-0.15, -0.1) is 0 Å². The molecule has 0 radical (unpaired) electrons. The van der Waals surface area contributed by atoms with Crippen molar-refractivity contribution < 1.29 is 4.79 Å². The van der Waals surface area contributed by atoms with Gasteiger partial charge in [0.05, 0.1) is 17.5 Å². The molecule has 4 heteroatoms. The average Bonchev–Trinajstić information content (AvgIpc) is 3.10. The normalized spacial score (nSPS) is 21.4. The maximum absolute atomic E-state index is 12.4. The lowest BCUT2D eigenvalue weighted by Gasteiger charge is -2.22. The van der Waals surface area contributed by atoms with Crippen molar-refractivity contribution in [2.75, 3.05) is 13.1 Å². The van der Waals surface area contributed by atoms with Gasteiger partial charge in [0.25, 0.3) is 5.91 Å². The van der Waals surface area contributed by atoms with E-state index >= 15 is 0 Å². The van der Waals surface area contributed by atoms with Crippen LogP contribution in [0.15, 0.2) is 6.20 Å². The summed E-state index contributed by atoms with van der Waals surface area (Å²) in [5.41, 5.74) is 1.91. The van der Waals surface area contributed by atoms with Crippen molar-refractivity contribution in [2.45, 2.75) is 50.9 Å². The summed E-state index contributed by atoms with van der Waals surface area (Å²) < 4.78 is 0. The summed E-state index contributed by atoms with van der Waals surface area (Å²) >= 11 is 0. The summed E-state index contributed by atoms with van der Waals surface area (Å²) in [6, 6.07) is 0. The van der Waals surface area contributed by atoms with E-state index in [1.807, 2.05) is 4.90 Å². The van der Waals surface area contributed by atoms with E-state index in [4.69, 9.17) is 0 Å². The second-order valence-corrected chi connectivity index (χ2v) is 5.53. The minimum Gasteiger partial charge on any atom is -0.339 e. The largest absolute Gasteiger partial charge is 0.339 e. The van der Waals surface area contributed by atoms with Gasteiger partial charge in [-0.2, -0.15) is 5.10 Å². The van der Waals surface area contributed by atoms with Crippen LogP contribution in [-0.4, -0.2) is 34.1 Å². The van der Waals surface area contributed by atoms with Gasteiger partial charge in [-0.3, -0.25) is 9.89 Å². The first-order valence-corrected chi connectivity index (χ1v) is 7.19. The molecule has 0 aromatic carbocycles. The Morgan fingerprint density at radius 1 is 1.17 bits per heavy atom. The van der Waals surface area contributed by atoms with Crippen LogP contribution < -0.4 is 0 Å². The Bertz CT molecular complexity index is 414. The lowest BCUT2D eigenvalue weighted by molar-refractivity contribution is 0.0791. The van der Waals surface area contributed by atoms with Gasteiger partial charge in [-0.05, 0) is 25.7 Å². The van der Waals surface area contributed by atoms with E-state index in [1.165, 1.54) is 32.1 Å². The first-order chi connectivity index (χ1) is 8.86. The highest BCUT2D eigenvalue weighted by atomic mass is 16.2. The molecule has 1 aromatic heterocycles. The summed E-state index contributed by atoms with van der Waals surface area (Å²) in [6.07, 6.45) is 10.3. The van der Waals surface area contributed by atoms with Crippen LogP contribution >= 0.6 is 0 Å². The molecule has 1 aliphatic heterocycles. The van der Waals surface area contributed by atoms with Gasteiger partial charge in [0.1, 0.15) is 0 Å². The zero-order valence-corrected chi connectivity index (χ0v) is 10.8. The highest BCUT2D eigenvalue weighted by molar-refractivity contribution is 5.95. The molecule has 18 heavy (non-hydrogen) atoms. The number of hydrogen-bond donors (Lipinski definition) is 1. The fraction of sp³-hybridized carbons (Fsp3) is 0.714. The third kappa shape index (κ3) is 2.16. The number of amides is 1. The fourth-order valence-corrected chi connectivity index (χ4v) is 3.26. The van der Waals surface area contributed by atoms with Crippen LogP contribution in [0, 0.1) is 0 Å². The number of nitrogens with one attached hydrogen (secondary N) is 1. The standard InChI is InChI=1S/C14H21N3O/c18-14(17-8-4-5-9-17)12-10-15-16-13(12)11-6-2-1-3-7-11/h10-11H,1-9H2,(H,15,16). The van der Waals surface area contributed by atoms with Gasteiger partial charge in [-0.25, -0.2) is 0 Å². The van der Waals surface area contributed by atoms with Gasteiger partial charge >= 0.3 is 0 Å². The number of carbonyl (C=O) groups is 1. The Morgan fingerprint density at radius 3 is 2.61 bits per heavy atom. The van der Waals surface area contributed by atoms with Gasteiger partial charge in [0.15, 0.2) is 0 Å². The smallest absolute Gasteiger partial charge is 0.257 e. The van der Waals surface area contributed by atoms with Crippen molar-refractivity contribution in [3.05, 3.63) is 17.5 Å². The van der Waals surface area contributed by atoms with Crippen molar-refractivity contribution >= 4 is 5.91 Å². The number of H-pyrrole nitrogens is 1. The molecule has 1 aliphatic carbocycles. The molecule has 3 rings (SSSR count). The highest BCUT2D eigenvalue weighted by Crippen LogP contribution is 2.33. The maximum Gasteiger partial charge on any atom is 0.257 e. The Kier molecular flexibility index (Phi) is 3.35. The number of carbonyl (C=O) groups excluding carboxylic acids is 1. The van der Waals surface area contributed by atoms with Gasteiger partial charge < -0.3 is 4.90 Å². The third-order valence-electron chi connectivity index (χ3n) is 4.31. The van der Waals surface area contributed by atoms with Crippen LogP contribution in [0.4, 0.5) is 0 Å². The van der Waals surface area contributed by atoms with Crippen LogP contribution in [0.2, 0.25) is 0 Å². The molecule has 4 nitrogen and oxygen atoms in total. The van der Waals surface area contributed by atoms with Crippen molar-refractivity contribution in [2.24, 2.45) is 0 Å². The Labute approximate surface area is 108 Å². The van der Waals surface area contributed by atoms with Gasteiger partial charge in [-0.1, -0.05) is 19.3 Å². The molecular weight excluding hydrogens is 226 g/mol. The lowest BCUT2D eigenvalue weighted by Crippen LogP contribution is -2.28. The second-order valence-electron chi connectivity index (χ2n) is 5.53. The molecular formula is C14H21N3O. The molecule has 2 aliphatic rings. The summed E-state index contributed by atoms with van der Waals surface area (Å²) in [7, 11) is 0. The molecule has 1 saturated carbocycles. The highest BCUT2D eigenvalue weighted by Gasteiger charge is 2.27. The van der Waals surface area contributed by atoms with Crippen LogP contribution in [0.25, 0.3) is 0 Å². The van der Waals surface area contributed by atoms with Crippen LogP contribution in [0.1, 0.15) is 66.9 Å². The maximum atomic E-state index is 12.4.